The van der Waals surface area contributed by atoms with Crippen molar-refractivity contribution in [2.75, 3.05) is 5.73 Å². The SMILES string of the molecule is Nc1csc2ccn(O)c12. The number of nitrogens with zero attached hydrogens (tertiary/aromatic N) is 1. The van der Waals surface area contributed by atoms with Crippen LogP contribution >= 0.6 is 11.3 Å². The zero-order valence-electron chi connectivity index (χ0n) is 5.11. The smallest absolute Gasteiger partial charge is 0.120 e. The predicted molar refractivity (Wildman–Crippen MR) is 41.4 cm³/mol. The number of rotatable bonds is 0. The summed E-state index contributed by atoms with van der Waals surface area (Å²) in [5, 5.41) is 10.9. The van der Waals surface area contributed by atoms with Crippen LogP contribution in [0.15, 0.2) is 17.6 Å². The van der Waals surface area contributed by atoms with Gasteiger partial charge in [-0.2, -0.15) is 4.73 Å². The molecule has 0 aliphatic rings. The van der Waals surface area contributed by atoms with Crippen LogP contribution in [-0.2, 0) is 0 Å². The van der Waals surface area contributed by atoms with Crippen molar-refractivity contribution in [1.29, 1.82) is 0 Å². The Morgan fingerprint density at radius 1 is 1.60 bits per heavy atom. The van der Waals surface area contributed by atoms with Gasteiger partial charge >= 0.3 is 0 Å². The molecule has 2 aromatic heterocycles. The van der Waals surface area contributed by atoms with Gasteiger partial charge in [-0.15, -0.1) is 11.3 Å². The van der Waals surface area contributed by atoms with E-state index in [0.717, 1.165) is 9.43 Å². The second kappa shape index (κ2) is 1.67. The molecular formula is C6H6N2OS. The maximum Gasteiger partial charge on any atom is 0.120 e. The lowest BCUT2D eigenvalue weighted by Gasteiger charge is -1.90. The average Bonchev–Trinajstić information content (AvgIpc) is 2.40. The number of thiophene rings is 1. The molecule has 0 spiro atoms. The van der Waals surface area contributed by atoms with E-state index in [1.807, 2.05) is 11.4 Å². The Balaban J connectivity index is 2.98. The molecule has 52 valence electrons. The molecular weight excluding hydrogens is 148 g/mol. The van der Waals surface area contributed by atoms with E-state index in [9.17, 15) is 0 Å². The standard InChI is InChI=1S/C6H6N2OS/c7-4-3-10-5-1-2-8(9)6(4)5/h1-3,9H,7H2. The normalized spacial score (nSPS) is 10.8. The fourth-order valence-electron chi connectivity index (χ4n) is 0.957. The van der Waals surface area contributed by atoms with Crippen molar-refractivity contribution in [3.8, 4) is 0 Å². The molecule has 3 N–H and O–H groups in total. The van der Waals surface area contributed by atoms with Gasteiger partial charge < -0.3 is 10.9 Å². The van der Waals surface area contributed by atoms with Crippen molar-refractivity contribution < 1.29 is 5.21 Å². The number of nitrogens with two attached hydrogens (primary N) is 1. The van der Waals surface area contributed by atoms with E-state index >= 15 is 0 Å². The first-order chi connectivity index (χ1) is 4.79. The number of hydrogen-bond acceptors (Lipinski definition) is 3. The maximum absolute atomic E-state index is 9.12. The summed E-state index contributed by atoms with van der Waals surface area (Å²) >= 11 is 1.53. The summed E-state index contributed by atoms with van der Waals surface area (Å²) in [7, 11) is 0. The van der Waals surface area contributed by atoms with Gasteiger partial charge in [0.2, 0.25) is 0 Å². The summed E-state index contributed by atoms with van der Waals surface area (Å²) < 4.78 is 2.06. The summed E-state index contributed by atoms with van der Waals surface area (Å²) in [5.74, 6) is 0. The number of aromatic nitrogens is 1. The number of anilines is 1. The fraction of sp³-hybridized carbons (Fsp3) is 0. The lowest BCUT2D eigenvalue weighted by molar-refractivity contribution is 0.200. The zero-order valence-corrected chi connectivity index (χ0v) is 5.93. The van der Waals surface area contributed by atoms with Crippen LogP contribution in [0.2, 0.25) is 0 Å². The molecule has 3 nitrogen and oxygen atoms in total. The fourth-order valence-corrected chi connectivity index (χ4v) is 1.79. The van der Waals surface area contributed by atoms with Crippen molar-refractivity contribution in [1.82, 2.24) is 4.73 Å². The van der Waals surface area contributed by atoms with Gasteiger partial charge in [0.1, 0.15) is 5.52 Å². The largest absolute Gasteiger partial charge is 0.428 e. The molecule has 0 fully saturated rings. The highest BCUT2D eigenvalue weighted by molar-refractivity contribution is 7.17. The highest BCUT2D eigenvalue weighted by Crippen LogP contribution is 2.27. The minimum atomic E-state index is 0.632. The van der Waals surface area contributed by atoms with Crippen molar-refractivity contribution in [3.05, 3.63) is 17.6 Å². The molecule has 0 bridgehead atoms. The van der Waals surface area contributed by atoms with Crippen LogP contribution in [0.5, 0.6) is 0 Å². The van der Waals surface area contributed by atoms with Crippen LogP contribution < -0.4 is 5.73 Å². The molecule has 0 radical (unpaired) electrons. The maximum atomic E-state index is 9.12. The quantitative estimate of drug-likeness (QED) is 0.565. The lowest BCUT2D eigenvalue weighted by Crippen LogP contribution is -1.89. The minimum absolute atomic E-state index is 0.632. The van der Waals surface area contributed by atoms with Crippen LogP contribution in [0.4, 0.5) is 5.69 Å². The second-order valence-corrected chi connectivity index (χ2v) is 2.98. The van der Waals surface area contributed by atoms with Gasteiger partial charge in [-0.1, -0.05) is 0 Å². The van der Waals surface area contributed by atoms with Crippen LogP contribution in [0, 0.1) is 0 Å². The van der Waals surface area contributed by atoms with Crippen LogP contribution in [0.3, 0.4) is 0 Å². The molecule has 2 heterocycles. The van der Waals surface area contributed by atoms with Crippen molar-refractivity contribution >= 4 is 27.2 Å². The van der Waals surface area contributed by atoms with Crippen LogP contribution in [0.25, 0.3) is 10.2 Å². The van der Waals surface area contributed by atoms with Crippen molar-refractivity contribution in [2.45, 2.75) is 0 Å². The average molecular weight is 154 g/mol. The molecule has 0 atom stereocenters. The third kappa shape index (κ3) is 0.537. The number of fused-ring (bicyclic) bond motifs is 1. The van der Waals surface area contributed by atoms with E-state index in [1.165, 1.54) is 11.3 Å². The Bertz CT molecular complexity index is 331. The summed E-state index contributed by atoms with van der Waals surface area (Å²) in [6, 6.07) is 1.83. The highest BCUT2D eigenvalue weighted by atomic mass is 32.1. The van der Waals surface area contributed by atoms with E-state index in [2.05, 4.69) is 0 Å². The summed E-state index contributed by atoms with van der Waals surface area (Å²) in [6.45, 7) is 0. The van der Waals surface area contributed by atoms with E-state index in [-0.39, 0.29) is 0 Å². The lowest BCUT2D eigenvalue weighted by atomic mass is 10.4. The predicted octanol–water partition coefficient (Wildman–Crippen LogP) is 1.52. The molecule has 0 saturated carbocycles. The molecule has 0 unspecified atom stereocenters. The molecule has 0 saturated heterocycles. The van der Waals surface area contributed by atoms with Gasteiger partial charge in [0.05, 0.1) is 10.4 Å². The van der Waals surface area contributed by atoms with Crippen LogP contribution in [-0.4, -0.2) is 9.94 Å². The Morgan fingerprint density at radius 3 is 3.10 bits per heavy atom. The molecule has 0 aromatic carbocycles. The Kier molecular flexibility index (Phi) is 0.935. The Hall–Kier alpha value is -1.16. The van der Waals surface area contributed by atoms with Crippen LogP contribution in [0.1, 0.15) is 0 Å². The van der Waals surface area contributed by atoms with Crippen molar-refractivity contribution in [3.63, 3.8) is 0 Å². The van der Waals surface area contributed by atoms with E-state index in [4.69, 9.17) is 10.9 Å². The van der Waals surface area contributed by atoms with E-state index in [1.54, 1.807) is 6.20 Å². The highest BCUT2D eigenvalue weighted by Gasteiger charge is 2.04. The second-order valence-electron chi connectivity index (χ2n) is 2.06. The van der Waals surface area contributed by atoms with Gasteiger partial charge in [0, 0.05) is 11.6 Å². The van der Waals surface area contributed by atoms with Gasteiger partial charge in [-0.3, -0.25) is 0 Å². The zero-order chi connectivity index (χ0) is 7.14. The summed E-state index contributed by atoms with van der Waals surface area (Å²) in [5.41, 5.74) is 6.90. The molecule has 2 aromatic rings. The van der Waals surface area contributed by atoms with Crippen molar-refractivity contribution in [2.24, 2.45) is 0 Å². The van der Waals surface area contributed by atoms with Gasteiger partial charge in [-0.25, -0.2) is 0 Å². The molecule has 4 heteroatoms. The Morgan fingerprint density at radius 2 is 2.40 bits per heavy atom. The van der Waals surface area contributed by atoms with E-state index in [0.29, 0.717) is 11.2 Å². The summed E-state index contributed by atoms with van der Waals surface area (Å²) in [6.07, 6.45) is 1.58. The number of nitrogen functional groups attached to an aromatic ring is 1. The first-order valence-corrected chi connectivity index (χ1v) is 3.70. The topological polar surface area (TPSA) is 51.2 Å². The molecule has 0 aliphatic heterocycles. The molecule has 0 aliphatic carbocycles. The molecule has 0 amide bonds. The minimum Gasteiger partial charge on any atom is -0.428 e. The number of hydrogen-bond donors (Lipinski definition) is 2. The van der Waals surface area contributed by atoms with Gasteiger partial charge in [-0.05, 0) is 6.07 Å². The van der Waals surface area contributed by atoms with E-state index < -0.39 is 0 Å². The monoisotopic (exact) mass is 154 g/mol. The third-order valence-electron chi connectivity index (χ3n) is 1.42. The third-order valence-corrected chi connectivity index (χ3v) is 2.37. The Labute approximate surface area is 61.3 Å². The molecule has 2 rings (SSSR count). The summed E-state index contributed by atoms with van der Waals surface area (Å²) in [4.78, 5) is 0. The first kappa shape index (κ1) is 5.61. The molecule has 10 heavy (non-hydrogen) atoms. The first-order valence-electron chi connectivity index (χ1n) is 2.82. The van der Waals surface area contributed by atoms with Gasteiger partial charge in [0.25, 0.3) is 0 Å². The van der Waals surface area contributed by atoms with Gasteiger partial charge in [0.15, 0.2) is 0 Å².